The molecule has 23 heavy (non-hydrogen) atoms. The van der Waals surface area contributed by atoms with Crippen LogP contribution < -0.4 is 5.32 Å². The molecule has 118 valence electrons. The largest absolute Gasteiger partial charge is 0.373 e. The summed E-state index contributed by atoms with van der Waals surface area (Å²) in [5.41, 5.74) is 1.52. The third-order valence-corrected chi connectivity index (χ3v) is 4.02. The maximum Gasteiger partial charge on any atom is 0.182 e. The summed E-state index contributed by atoms with van der Waals surface area (Å²) < 4.78 is 5.98. The van der Waals surface area contributed by atoms with Gasteiger partial charge in [0.2, 0.25) is 0 Å². The average Bonchev–Trinajstić information content (AvgIpc) is 2.61. The van der Waals surface area contributed by atoms with E-state index in [0.29, 0.717) is 24.7 Å². The van der Waals surface area contributed by atoms with Crippen molar-refractivity contribution in [2.75, 3.05) is 32.1 Å². The van der Waals surface area contributed by atoms with Crippen LogP contribution >= 0.6 is 0 Å². The number of nitrogens with one attached hydrogen (secondary N) is 1. The molecule has 0 amide bonds. The van der Waals surface area contributed by atoms with E-state index >= 15 is 0 Å². The van der Waals surface area contributed by atoms with Crippen LogP contribution in [0.25, 0.3) is 0 Å². The first-order valence-corrected chi connectivity index (χ1v) is 7.61. The second-order valence-corrected chi connectivity index (χ2v) is 5.49. The minimum absolute atomic E-state index is 0.0234. The van der Waals surface area contributed by atoms with E-state index < -0.39 is 0 Å². The Labute approximate surface area is 135 Å². The number of morpholine rings is 1. The molecule has 3 rings (SSSR count). The van der Waals surface area contributed by atoms with Gasteiger partial charge < -0.3 is 10.1 Å². The highest BCUT2D eigenvalue weighted by Crippen LogP contribution is 2.28. The van der Waals surface area contributed by atoms with Crippen LogP contribution in [-0.4, -0.2) is 47.7 Å². The van der Waals surface area contributed by atoms with Crippen LogP contribution in [0.4, 0.5) is 5.82 Å². The second kappa shape index (κ2) is 7.18. The summed E-state index contributed by atoms with van der Waals surface area (Å²) in [4.78, 5) is 10.5. The number of ether oxygens (including phenoxy) is 1. The minimum atomic E-state index is -0.0234. The molecule has 1 aromatic heterocycles. The highest BCUT2D eigenvalue weighted by molar-refractivity contribution is 5.46. The van der Waals surface area contributed by atoms with Gasteiger partial charge in [-0.15, -0.1) is 0 Å². The number of anilines is 1. The molecule has 0 unspecified atom stereocenters. The molecule has 1 aliphatic heterocycles. The van der Waals surface area contributed by atoms with Crippen molar-refractivity contribution in [1.29, 1.82) is 5.26 Å². The molecule has 1 fully saturated rings. The first-order chi connectivity index (χ1) is 11.3. The fraction of sp³-hybridized carbons (Fsp3) is 0.353. The molecule has 6 nitrogen and oxygen atoms in total. The molecular formula is C17H19N5O. The van der Waals surface area contributed by atoms with E-state index in [1.54, 1.807) is 6.20 Å². The van der Waals surface area contributed by atoms with Crippen LogP contribution in [0.1, 0.15) is 17.3 Å². The van der Waals surface area contributed by atoms with E-state index in [2.05, 4.69) is 39.4 Å². The molecule has 2 atom stereocenters. The molecule has 2 heterocycles. The van der Waals surface area contributed by atoms with Gasteiger partial charge in [0.05, 0.1) is 18.8 Å². The van der Waals surface area contributed by atoms with Crippen molar-refractivity contribution in [3.8, 4) is 6.07 Å². The number of nitriles is 1. The zero-order chi connectivity index (χ0) is 16.1. The topological polar surface area (TPSA) is 74.1 Å². The van der Waals surface area contributed by atoms with Gasteiger partial charge in [-0.25, -0.2) is 9.97 Å². The van der Waals surface area contributed by atoms with Crippen molar-refractivity contribution in [2.24, 2.45) is 0 Å². The summed E-state index contributed by atoms with van der Waals surface area (Å²) in [5.74, 6) is 0.499. The van der Waals surface area contributed by atoms with Crippen molar-refractivity contribution < 1.29 is 4.74 Å². The van der Waals surface area contributed by atoms with E-state index in [1.165, 1.54) is 11.8 Å². The average molecular weight is 309 g/mol. The summed E-state index contributed by atoms with van der Waals surface area (Å²) in [6, 6.07) is 12.5. The number of benzene rings is 1. The van der Waals surface area contributed by atoms with Gasteiger partial charge in [0, 0.05) is 25.5 Å². The fourth-order valence-electron chi connectivity index (χ4n) is 2.90. The van der Waals surface area contributed by atoms with Crippen molar-refractivity contribution in [3.63, 3.8) is 0 Å². The monoisotopic (exact) mass is 309 g/mol. The van der Waals surface area contributed by atoms with Crippen LogP contribution in [0.2, 0.25) is 0 Å². The summed E-state index contributed by atoms with van der Waals surface area (Å²) in [6.07, 6.45) is 3.07. The summed E-state index contributed by atoms with van der Waals surface area (Å²) in [6.45, 7) is 2.15. The Morgan fingerprint density at radius 3 is 2.87 bits per heavy atom. The highest BCUT2D eigenvalue weighted by atomic mass is 16.5. The van der Waals surface area contributed by atoms with E-state index in [1.807, 2.05) is 24.3 Å². The predicted octanol–water partition coefficient (Wildman–Crippen LogP) is 1.83. The number of rotatable bonds is 4. The lowest BCUT2D eigenvalue weighted by Crippen LogP contribution is -2.46. The summed E-state index contributed by atoms with van der Waals surface area (Å²) in [7, 11) is 2.11. The molecule has 0 spiro atoms. The Morgan fingerprint density at radius 1 is 1.30 bits per heavy atom. The van der Waals surface area contributed by atoms with Crippen LogP contribution in [0, 0.1) is 11.3 Å². The third kappa shape index (κ3) is 3.47. The maximum atomic E-state index is 9.10. The number of hydrogen-bond donors (Lipinski definition) is 1. The van der Waals surface area contributed by atoms with Crippen molar-refractivity contribution in [3.05, 3.63) is 54.0 Å². The molecule has 0 radical (unpaired) electrons. The minimum Gasteiger partial charge on any atom is -0.373 e. The SMILES string of the molecule is CN1CCO[C@@H](CNc2nccnc2C#N)[C@@H]1c1ccccc1. The van der Waals surface area contributed by atoms with Gasteiger partial charge in [-0.3, -0.25) is 4.90 Å². The summed E-state index contributed by atoms with van der Waals surface area (Å²) >= 11 is 0. The van der Waals surface area contributed by atoms with E-state index in [9.17, 15) is 0 Å². The quantitative estimate of drug-likeness (QED) is 0.929. The van der Waals surface area contributed by atoms with Crippen molar-refractivity contribution in [1.82, 2.24) is 14.9 Å². The van der Waals surface area contributed by atoms with Gasteiger partial charge in [-0.1, -0.05) is 30.3 Å². The lowest BCUT2D eigenvalue weighted by atomic mass is 9.98. The van der Waals surface area contributed by atoms with Crippen LogP contribution in [0.3, 0.4) is 0 Å². The normalized spacial score (nSPS) is 21.6. The molecule has 1 aliphatic rings. The molecule has 6 heteroatoms. The molecule has 0 saturated carbocycles. The van der Waals surface area contributed by atoms with Crippen molar-refractivity contribution >= 4 is 5.82 Å². The Balaban J connectivity index is 1.76. The molecular weight excluding hydrogens is 290 g/mol. The summed E-state index contributed by atoms with van der Waals surface area (Å²) in [5, 5.41) is 12.3. The van der Waals surface area contributed by atoms with Gasteiger partial charge in [0.25, 0.3) is 0 Å². The fourth-order valence-corrected chi connectivity index (χ4v) is 2.90. The van der Waals surface area contributed by atoms with Gasteiger partial charge in [-0.05, 0) is 12.6 Å². The molecule has 1 N–H and O–H groups in total. The van der Waals surface area contributed by atoms with E-state index in [4.69, 9.17) is 10.00 Å². The number of likely N-dealkylation sites (N-methyl/N-ethyl adjacent to an activating group) is 1. The number of aromatic nitrogens is 2. The first-order valence-electron chi connectivity index (χ1n) is 7.61. The third-order valence-electron chi connectivity index (χ3n) is 4.02. The van der Waals surface area contributed by atoms with E-state index in [0.717, 1.165) is 6.54 Å². The Hall–Kier alpha value is -2.49. The maximum absolute atomic E-state index is 9.10. The standard InChI is InChI=1S/C17H19N5O/c1-22-9-10-23-15(16(22)13-5-3-2-4-6-13)12-21-17-14(11-18)19-7-8-20-17/h2-8,15-16H,9-10,12H2,1H3,(H,20,21)/t15-,16-/m0/s1. The van der Waals surface area contributed by atoms with Gasteiger partial charge in [0.1, 0.15) is 6.07 Å². The zero-order valence-corrected chi connectivity index (χ0v) is 13.0. The van der Waals surface area contributed by atoms with Gasteiger partial charge >= 0.3 is 0 Å². The second-order valence-electron chi connectivity index (χ2n) is 5.49. The molecule has 1 saturated heterocycles. The highest BCUT2D eigenvalue weighted by Gasteiger charge is 2.31. The molecule has 0 aliphatic carbocycles. The Morgan fingerprint density at radius 2 is 2.09 bits per heavy atom. The lowest BCUT2D eigenvalue weighted by molar-refractivity contribution is -0.0557. The first kappa shape index (κ1) is 15.4. The smallest absolute Gasteiger partial charge is 0.182 e. The molecule has 0 bridgehead atoms. The predicted molar refractivity (Wildman–Crippen MR) is 86.8 cm³/mol. The van der Waals surface area contributed by atoms with Gasteiger partial charge in [-0.2, -0.15) is 5.26 Å². The van der Waals surface area contributed by atoms with Gasteiger partial charge in [0.15, 0.2) is 11.5 Å². The molecule has 2 aromatic rings. The van der Waals surface area contributed by atoms with Crippen LogP contribution in [0.15, 0.2) is 42.7 Å². The zero-order valence-electron chi connectivity index (χ0n) is 13.0. The van der Waals surface area contributed by atoms with Crippen LogP contribution in [0.5, 0.6) is 0 Å². The van der Waals surface area contributed by atoms with Crippen LogP contribution in [-0.2, 0) is 4.74 Å². The lowest BCUT2D eigenvalue weighted by Gasteiger charge is -2.39. The van der Waals surface area contributed by atoms with Crippen molar-refractivity contribution in [2.45, 2.75) is 12.1 Å². The Bertz CT molecular complexity index is 685. The van der Waals surface area contributed by atoms with E-state index in [-0.39, 0.29) is 12.1 Å². The Kier molecular flexibility index (Phi) is 4.81. The molecule has 1 aromatic carbocycles. The number of nitrogens with zero attached hydrogens (tertiary/aromatic N) is 4. The number of hydrogen-bond acceptors (Lipinski definition) is 6.